The van der Waals surface area contributed by atoms with E-state index in [1.54, 1.807) is 40.1 Å². The average Bonchev–Trinajstić information content (AvgIpc) is 3.88. The molecule has 3 aliphatic heterocycles. The Hall–Kier alpha value is -7.19. The van der Waals surface area contributed by atoms with Crippen molar-refractivity contribution in [2.24, 2.45) is 0 Å². The lowest BCUT2D eigenvalue weighted by Gasteiger charge is -2.38. The van der Waals surface area contributed by atoms with E-state index in [0.29, 0.717) is 77.7 Å². The number of nitrogens with zero attached hydrogens (tertiary/aromatic N) is 12. The Kier molecular flexibility index (Phi) is 12.7. The van der Waals surface area contributed by atoms with E-state index in [1.807, 2.05) is 24.0 Å². The number of hydrogen-bond donors (Lipinski definition) is 2. The molecule has 68 heavy (non-hydrogen) atoms. The van der Waals surface area contributed by atoms with Crippen molar-refractivity contribution in [1.29, 1.82) is 0 Å². The molecule has 2 N–H and O–H groups in total. The number of aryl methyl sites for hydroxylation is 3. The highest BCUT2D eigenvalue weighted by Crippen LogP contribution is 2.34. The maximum Gasteiger partial charge on any atom is 0.266 e. The van der Waals surface area contributed by atoms with Crippen LogP contribution in [0.15, 0.2) is 60.9 Å². The van der Waals surface area contributed by atoms with Gasteiger partial charge in [0.1, 0.15) is 52.4 Å². The third-order valence-corrected chi connectivity index (χ3v) is 12.7. The van der Waals surface area contributed by atoms with Crippen LogP contribution >= 0.6 is 0 Å². The summed E-state index contributed by atoms with van der Waals surface area (Å²) in [5, 5.41) is 16.2. The molecule has 354 valence electrons. The first-order chi connectivity index (χ1) is 32.6. The van der Waals surface area contributed by atoms with Crippen LogP contribution in [0.3, 0.4) is 0 Å². The number of rotatable bonds is 10. The van der Waals surface area contributed by atoms with E-state index in [9.17, 15) is 31.1 Å². The molecule has 0 spiro atoms. The van der Waals surface area contributed by atoms with E-state index in [0.717, 1.165) is 54.9 Å². The van der Waals surface area contributed by atoms with E-state index in [2.05, 4.69) is 65.1 Å². The summed E-state index contributed by atoms with van der Waals surface area (Å²) in [5.41, 5.74) is 0.299. The third kappa shape index (κ3) is 9.12. The second-order valence-corrected chi connectivity index (χ2v) is 17.2. The lowest BCUT2D eigenvalue weighted by atomic mass is 10.0. The molecule has 5 aromatic heterocycles. The number of anilines is 4. The Balaban J connectivity index is 0.000000170. The van der Waals surface area contributed by atoms with Gasteiger partial charge in [-0.1, -0.05) is 36.4 Å². The second kappa shape index (κ2) is 18.8. The molecule has 0 aliphatic carbocycles. The van der Waals surface area contributed by atoms with E-state index >= 15 is 0 Å². The van der Waals surface area contributed by atoms with Crippen molar-refractivity contribution in [2.45, 2.75) is 91.5 Å². The van der Waals surface area contributed by atoms with Crippen LogP contribution in [0.1, 0.15) is 97.2 Å². The van der Waals surface area contributed by atoms with E-state index in [-0.39, 0.29) is 23.1 Å². The number of carbonyl (C=O) groups is 1. The van der Waals surface area contributed by atoms with Crippen LogP contribution in [0.25, 0.3) is 21.8 Å². The fourth-order valence-electron chi connectivity index (χ4n) is 9.12. The molecule has 3 aliphatic rings. The van der Waals surface area contributed by atoms with Crippen molar-refractivity contribution in [3.8, 4) is 0 Å². The van der Waals surface area contributed by atoms with Crippen molar-refractivity contribution in [1.82, 2.24) is 49.6 Å². The van der Waals surface area contributed by atoms with Gasteiger partial charge in [-0.3, -0.25) is 4.79 Å². The minimum absolute atomic E-state index is 0.138. The molecule has 3 atom stereocenters. The van der Waals surface area contributed by atoms with E-state index < -0.39 is 47.7 Å². The molecular formula is C47H48F6N14O. The Labute approximate surface area is 387 Å². The van der Waals surface area contributed by atoms with Gasteiger partial charge in [-0.05, 0) is 53.2 Å². The summed E-state index contributed by atoms with van der Waals surface area (Å²) in [6.07, 6.45) is -0.984. The first kappa shape index (κ1) is 45.9. The monoisotopic (exact) mass is 938 g/mol. The molecule has 7 aromatic rings. The number of amides is 1. The highest BCUT2D eigenvalue weighted by molar-refractivity contribution is 5.91. The summed E-state index contributed by atoms with van der Waals surface area (Å²) >= 11 is 0. The van der Waals surface area contributed by atoms with Crippen molar-refractivity contribution in [3.05, 3.63) is 118 Å². The topological polar surface area (TPSA) is 159 Å². The summed E-state index contributed by atoms with van der Waals surface area (Å²) < 4.78 is 84.2. The van der Waals surface area contributed by atoms with Crippen LogP contribution in [0.5, 0.6) is 0 Å². The molecule has 10 rings (SSSR count). The van der Waals surface area contributed by atoms with Gasteiger partial charge in [-0.25, -0.2) is 56.2 Å². The molecule has 21 heteroatoms. The molecule has 8 heterocycles. The van der Waals surface area contributed by atoms with Crippen LogP contribution in [0.4, 0.5) is 49.6 Å². The Morgan fingerprint density at radius 3 is 1.72 bits per heavy atom. The standard InChI is InChI=1S/C24H25F3N6O.C23H23F3N8/c1-13(16-4-3-5-17(22(16)25)23(26)27)29-24-18-10-20(28-11-19(18)30-14(2)31-24)32-8-9-33-15(12-32)6-7-21(33)34;1-12(15-5-4-6-16(21(15)24)22(25)26)28-23-17-9-19(27-10-18(17)29-13(2)30-23)33-7-8-34-14(3)31-32-20(34)11-33/h3-5,10-11,13,15,23H,6-9,12H2,1-2H3,(H,29,30,31);4-6,9-10,12,22H,7-8,11H2,1-3H3,(H,28,29,30)/t13-,15?;12-/m11/s1. The molecular weight excluding hydrogens is 891 g/mol. The second-order valence-electron chi connectivity index (χ2n) is 17.2. The fraction of sp³-hybridized carbons (Fsp3) is 0.383. The van der Waals surface area contributed by atoms with Gasteiger partial charge >= 0.3 is 0 Å². The number of benzene rings is 2. The zero-order valence-electron chi connectivity index (χ0n) is 37.9. The number of pyridine rings is 2. The summed E-state index contributed by atoms with van der Waals surface area (Å²) in [6.45, 7) is 12.9. The van der Waals surface area contributed by atoms with Gasteiger partial charge < -0.3 is 29.9 Å². The van der Waals surface area contributed by atoms with Gasteiger partial charge in [0, 0.05) is 67.1 Å². The van der Waals surface area contributed by atoms with Gasteiger partial charge in [-0.2, -0.15) is 0 Å². The Bertz CT molecular complexity index is 3030. The zero-order valence-corrected chi connectivity index (χ0v) is 37.9. The molecule has 15 nitrogen and oxygen atoms in total. The average molecular weight is 939 g/mol. The summed E-state index contributed by atoms with van der Waals surface area (Å²) in [4.78, 5) is 45.3. The molecule has 1 unspecified atom stereocenters. The molecule has 0 saturated carbocycles. The highest BCUT2D eigenvalue weighted by Gasteiger charge is 2.36. The third-order valence-electron chi connectivity index (χ3n) is 12.7. The summed E-state index contributed by atoms with van der Waals surface area (Å²) in [5.74, 6) is 3.60. The summed E-state index contributed by atoms with van der Waals surface area (Å²) in [7, 11) is 0. The number of fused-ring (bicyclic) bond motifs is 4. The molecule has 2 fully saturated rings. The first-order valence-corrected chi connectivity index (χ1v) is 22.3. The number of nitrogens with one attached hydrogen (secondary N) is 2. The molecule has 0 bridgehead atoms. The van der Waals surface area contributed by atoms with Gasteiger partial charge in [0.2, 0.25) is 5.91 Å². The summed E-state index contributed by atoms with van der Waals surface area (Å²) in [6, 6.07) is 10.8. The number of hydrogen-bond acceptors (Lipinski definition) is 13. The number of halogens is 6. The van der Waals surface area contributed by atoms with Crippen LogP contribution in [-0.2, 0) is 17.9 Å². The number of carbonyl (C=O) groups excluding carboxylic acids is 1. The van der Waals surface area contributed by atoms with Crippen LogP contribution in [0, 0.1) is 32.4 Å². The van der Waals surface area contributed by atoms with Crippen LogP contribution < -0.4 is 20.4 Å². The van der Waals surface area contributed by atoms with Gasteiger partial charge in [-0.15, -0.1) is 10.2 Å². The van der Waals surface area contributed by atoms with Gasteiger partial charge in [0.25, 0.3) is 12.9 Å². The van der Waals surface area contributed by atoms with Crippen molar-refractivity contribution in [3.63, 3.8) is 0 Å². The smallest absolute Gasteiger partial charge is 0.266 e. The minimum Gasteiger partial charge on any atom is -0.363 e. The molecule has 0 radical (unpaired) electrons. The van der Waals surface area contributed by atoms with Crippen molar-refractivity contribution >= 4 is 51.0 Å². The van der Waals surface area contributed by atoms with Gasteiger partial charge in [0.05, 0.1) is 53.2 Å². The van der Waals surface area contributed by atoms with Crippen LogP contribution in [-0.4, -0.2) is 87.7 Å². The number of alkyl halides is 4. The Morgan fingerprint density at radius 2 is 1.18 bits per heavy atom. The predicted octanol–water partition coefficient (Wildman–Crippen LogP) is 8.90. The lowest BCUT2D eigenvalue weighted by Crippen LogP contribution is -2.51. The van der Waals surface area contributed by atoms with Crippen molar-refractivity contribution < 1.29 is 31.1 Å². The predicted molar refractivity (Wildman–Crippen MR) is 244 cm³/mol. The van der Waals surface area contributed by atoms with Crippen LogP contribution in [0.2, 0.25) is 0 Å². The Morgan fingerprint density at radius 1 is 0.662 bits per heavy atom. The maximum atomic E-state index is 14.7. The molecule has 1 amide bonds. The zero-order chi connectivity index (χ0) is 48.0. The lowest BCUT2D eigenvalue weighted by molar-refractivity contribution is -0.129. The van der Waals surface area contributed by atoms with Gasteiger partial charge in [0.15, 0.2) is 5.82 Å². The fourth-order valence-corrected chi connectivity index (χ4v) is 9.12. The molecule has 2 aromatic carbocycles. The quantitative estimate of drug-likeness (QED) is 0.125. The normalized spacial score (nSPS) is 16.8. The number of aromatic nitrogens is 9. The maximum absolute atomic E-state index is 14.7. The molecule has 2 saturated heterocycles. The minimum atomic E-state index is -2.89. The highest BCUT2D eigenvalue weighted by atomic mass is 19.3. The number of piperazine rings is 1. The van der Waals surface area contributed by atoms with Crippen molar-refractivity contribution in [2.75, 3.05) is 46.6 Å². The SMILES string of the molecule is Cc1nc(N[C@H](C)c2cccc(C(F)F)c2F)c2cc(N3CCN4C(=O)CCC4C3)ncc2n1.Cc1nc(N[C@H](C)c2cccc(C(F)F)c2F)c2cc(N3CCn4c(C)nnc4C3)ncc2n1. The largest absolute Gasteiger partial charge is 0.363 e. The van der Waals surface area contributed by atoms with E-state index in [1.165, 1.54) is 24.3 Å². The van der Waals surface area contributed by atoms with E-state index in [4.69, 9.17) is 0 Å². The first-order valence-electron chi connectivity index (χ1n) is 22.3.